The number of ether oxygens (including phenoxy) is 1. The van der Waals surface area contributed by atoms with Gasteiger partial charge in [0, 0.05) is 19.7 Å². The summed E-state index contributed by atoms with van der Waals surface area (Å²) in [5.74, 6) is -1.55. The highest BCUT2D eigenvalue weighted by Gasteiger charge is 2.48. The molecule has 1 aliphatic rings. The highest BCUT2D eigenvalue weighted by atomic mass is 31.2. The number of H-pyrrole nitrogens is 1. The Morgan fingerprint density at radius 2 is 1.97 bits per heavy atom. The van der Waals surface area contributed by atoms with Gasteiger partial charge >= 0.3 is 13.3 Å². The van der Waals surface area contributed by atoms with E-state index in [1.165, 1.54) is 27.1 Å². The van der Waals surface area contributed by atoms with Gasteiger partial charge in [0.1, 0.15) is 18.3 Å². The molecule has 0 spiro atoms. The zero-order valence-electron chi connectivity index (χ0n) is 16.8. The highest BCUT2D eigenvalue weighted by molar-refractivity contribution is 7.53. The Kier molecular flexibility index (Phi) is 7.27. The van der Waals surface area contributed by atoms with Crippen molar-refractivity contribution in [2.45, 2.75) is 75.9 Å². The molecule has 1 fully saturated rings. The zero-order valence-corrected chi connectivity index (χ0v) is 17.7. The number of aryl methyl sites for hydroxylation is 1. The van der Waals surface area contributed by atoms with Gasteiger partial charge in [-0.05, 0) is 19.8 Å². The maximum atomic E-state index is 12.3. The van der Waals surface area contributed by atoms with Crippen LogP contribution in [0, 0.1) is 0 Å². The largest absolute Gasteiger partial charge is 0.388 e. The van der Waals surface area contributed by atoms with Gasteiger partial charge in [0.05, 0.1) is 17.3 Å². The van der Waals surface area contributed by atoms with E-state index in [9.17, 15) is 34.4 Å². The normalized spacial score (nSPS) is 29.9. The van der Waals surface area contributed by atoms with Crippen molar-refractivity contribution >= 4 is 7.60 Å². The number of aromatic nitrogens is 2. The smallest absolute Gasteiger partial charge is 0.356 e. The molecule has 1 saturated heterocycles. The number of aliphatic hydroxyl groups is 3. The Labute approximate surface area is 167 Å². The summed E-state index contributed by atoms with van der Waals surface area (Å²) in [7, 11) is -2.93. The summed E-state index contributed by atoms with van der Waals surface area (Å²) in [5, 5.41) is 30.6. The molecule has 0 aliphatic carbocycles. The highest BCUT2D eigenvalue weighted by Crippen LogP contribution is 2.53. The molecule has 1 aromatic heterocycles. The van der Waals surface area contributed by atoms with Gasteiger partial charge in [-0.1, -0.05) is 13.8 Å². The summed E-state index contributed by atoms with van der Waals surface area (Å²) in [6.45, 7) is 4.77. The molecule has 2 rings (SSSR count). The first-order valence-electron chi connectivity index (χ1n) is 9.38. The van der Waals surface area contributed by atoms with Gasteiger partial charge in [0.25, 0.3) is 5.56 Å². The summed E-state index contributed by atoms with van der Waals surface area (Å²) in [4.78, 5) is 35.8. The molecular formula is C17H29N2O9P. The van der Waals surface area contributed by atoms with Gasteiger partial charge in [0.2, 0.25) is 0 Å². The van der Waals surface area contributed by atoms with Crippen molar-refractivity contribution in [3.63, 3.8) is 0 Å². The van der Waals surface area contributed by atoms with Crippen LogP contribution in [0.4, 0.5) is 0 Å². The molecular weight excluding hydrogens is 407 g/mol. The Morgan fingerprint density at radius 1 is 1.34 bits per heavy atom. The van der Waals surface area contributed by atoms with Gasteiger partial charge in [-0.3, -0.25) is 14.3 Å². The first-order chi connectivity index (χ1) is 13.3. The van der Waals surface area contributed by atoms with E-state index in [2.05, 4.69) is 4.98 Å². The van der Waals surface area contributed by atoms with Crippen molar-refractivity contribution in [2.24, 2.45) is 7.05 Å². The Balaban J connectivity index is 2.25. The van der Waals surface area contributed by atoms with E-state index in [1.807, 2.05) is 0 Å². The fourth-order valence-corrected chi connectivity index (χ4v) is 4.66. The number of hydrogen-bond donors (Lipinski definition) is 5. The van der Waals surface area contributed by atoms with E-state index in [1.54, 1.807) is 6.92 Å². The van der Waals surface area contributed by atoms with Crippen LogP contribution in [0.25, 0.3) is 0 Å². The molecule has 11 nitrogen and oxygen atoms in total. The number of rotatable bonds is 8. The van der Waals surface area contributed by atoms with E-state index in [0.29, 0.717) is 0 Å². The first-order valence-corrected chi connectivity index (χ1v) is 11.0. The fraction of sp³-hybridized carbons (Fsp3) is 0.765. The standard InChI is InChI=1S/C17H29N2O9P/c1-5-11(20)29(25,26)28-17(3,6-2)7-10-12(21)13(22)14(27-10)9-8-19(4)16(24)18-15(9)23/h8,10-14,20-22H,5-7H2,1-4H3,(H,25,26)(H,18,23,24)/t10-,11?,12-,13-,14+,17?/m1/s1. The minimum atomic E-state index is -4.34. The van der Waals surface area contributed by atoms with Crippen LogP contribution in [0.15, 0.2) is 15.8 Å². The third-order valence-corrected chi connectivity index (χ3v) is 7.10. The molecule has 3 unspecified atom stereocenters. The fourth-order valence-electron chi connectivity index (χ4n) is 3.24. The van der Waals surface area contributed by atoms with Gasteiger partial charge in [-0.15, -0.1) is 0 Å². The molecule has 0 amide bonds. The first kappa shape index (κ1) is 23.9. The minimum absolute atomic E-state index is 0.0203. The van der Waals surface area contributed by atoms with Crippen molar-refractivity contribution in [2.75, 3.05) is 0 Å². The van der Waals surface area contributed by atoms with E-state index < -0.39 is 54.7 Å². The topological polar surface area (TPSA) is 171 Å². The van der Waals surface area contributed by atoms with Crippen molar-refractivity contribution in [1.29, 1.82) is 0 Å². The van der Waals surface area contributed by atoms with Crippen molar-refractivity contribution in [3.8, 4) is 0 Å². The second-order valence-electron chi connectivity index (χ2n) is 7.58. The third kappa shape index (κ3) is 5.05. The molecule has 1 aliphatic heterocycles. The van der Waals surface area contributed by atoms with Gasteiger partial charge in [0.15, 0.2) is 5.85 Å². The van der Waals surface area contributed by atoms with Crippen molar-refractivity contribution in [3.05, 3.63) is 32.6 Å². The van der Waals surface area contributed by atoms with E-state index in [4.69, 9.17) is 9.26 Å². The van der Waals surface area contributed by atoms with Crippen LogP contribution in [0.1, 0.15) is 51.7 Å². The van der Waals surface area contributed by atoms with Gasteiger partial charge in [-0.25, -0.2) is 4.79 Å². The molecule has 7 atom stereocenters. The van der Waals surface area contributed by atoms with Crippen molar-refractivity contribution in [1.82, 2.24) is 9.55 Å². The predicted octanol–water partition coefficient (Wildman–Crippen LogP) is -0.275. The third-order valence-electron chi connectivity index (χ3n) is 5.28. The number of aromatic amines is 1. The van der Waals surface area contributed by atoms with Gasteiger partial charge in [-0.2, -0.15) is 0 Å². The molecule has 1 aromatic rings. The maximum Gasteiger partial charge on any atom is 0.356 e. The quantitative estimate of drug-likeness (QED) is 0.344. The van der Waals surface area contributed by atoms with Crippen LogP contribution >= 0.6 is 7.60 Å². The summed E-state index contributed by atoms with van der Waals surface area (Å²) in [5.41, 5.74) is -2.67. The summed E-state index contributed by atoms with van der Waals surface area (Å²) in [6, 6.07) is 0. The lowest BCUT2D eigenvalue weighted by Gasteiger charge is -2.34. The van der Waals surface area contributed by atoms with E-state index in [0.717, 1.165) is 4.57 Å². The molecule has 5 N–H and O–H groups in total. The number of nitrogens with one attached hydrogen (secondary N) is 1. The van der Waals surface area contributed by atoms with Gasteiger partial charge < -0.3 is 34.0 Å². The SMILES string of the molecule is CCC(O)P(=O)(O)OC(C)(CC)C[C@H]1O[C@@H](c2cn(C)c(=O)[nH]c2=O)[C@H](O)[C@@H]1O. The molecule has 0 aromatic carbocycles. The number of hydrogen-bond acceptors (Lipinski definition) is 8. The Morgan fingerprint density at radius 3 is 2.52 bits per heavy atom. The zero-order chi connectivity index (χ0) is 22.1. The average Bonchev–Trinajstić information content (AvgIpc) is 2.91. The van der Waals surface area contributed by atoms with Crippen LogP contribution in [0.3, 0.4) is 0 Å². The lowest BCUT2D eigenvalue weighted by molar-refractivity contribution is -0.0497. The molecule has 166 valence electrons. The minimum Gasteiger partial charge on any atom is -0.388 e. The molecule has 2 heterocycles. The Bertz CT molecular complexity index is 884. The lowest BCUT2D eigenvalue weighted by Crippen LogP contribution is -2.39. The number of nitrogens with zero attached hydrogens (tertiary/aromatic N) is 1. The van der Waals surface area contributed by atoms with Crippen LogP contribution < -0.4 is 11.2 Å². The lowest BCUT2D eigenvalue weighted by atomic mass is 9.92. The average molecular weight is 436 g/mol. The van der Waals surface area contributed by atoms with Crippen LogP contribution in [0.2, 0.25) is 0 Å². The monoisotopic (exact) mass is 436 g/mol. The van der Waals surface area contributed by atoms with Crippen LogP contribution in [-0.4, -0.2) is 59.5 Å². The second-order valence-corrected chi connectivity index (χ2v) is 9.49. The van der Waals surface area contributed by atoms with Crippen LogP contribution in [-0.2, 0) is 20.9 Å². The molecule has 0 radical (unpaired) electrons. The molecule has 12 heteroatoms. The predicted molar refractivity (Wildman–Crippen MR) is 102 cm³/mol. The molecule has 29 heavy (non-hydrogen) atoms. The summed E-state index contributed by atoms with van der Waals surface area (Å²) < 4.78 is 24.4. The van der Waals surface area contributed by atoms with Crippen LogP contribution in [0.5, 0.6) is 0 Å². The number of aliphatic hydroxyl groups excluding tert-OH is 3. The Hall–Kier alpha value is -1.33. The summed E-state index contributed by atoms with van der Waals surface area (Å²) >= 11 is 0. The summed E-state index contributed by atoms with van der Waals surface area (Å²) in [6.07, 6.45) is -3.66. The molecule has 0 saturated carbocycles. The van der Waals surface area contributed by atoms with E-state index in [-0.39, 0.29) is 24.8 Å². The second kappa shape index (κ2) is 8.81. The maximum absolute atomic E-state index is 12.3. The van der Waals surface area contributed by atoms with E-state index >= 15 is 0 Å². The van der Waals surface area contributed by atoms with Crippen molar-refractivity contribution < 1.29 is 34.0 Å². The molecule has 0 bridgehead atoms.